The summed E-state index contributed by atoms with van der Waals surface area (Å²) in [6.07, 6.45) is 2.34. The van der Waals surface area contributed by atoms with E-state index in [4.69, 9.17) is 4.74 Å². The summed E-state index contributed by atoms with van der Waals surface area (Å²) in [5, 5.41) is 33.3. The van der Waals surface area contributed by atoms with Gasteiger partial charge in [-0.05, 0) is 74.0 Å². The van der Waals surface area contributed by atoms with Gasteiger partial charge in [0.05, 0.1) is 19.1 Å². The Balaban J connectivity index is 2.46. The Labute approximate surface area is 192 Å². The minimum absolute atomic E-state index is 0.125. The lowest BCUT2D eigenvalue weighted by molar-refractivity contribution is -1.22. The van der Waals surface area contributed by atoms with Gasteiger partial charge in [-0.3, -0.25) is 0 Å². The Hall–Kier alpha value is -2.78. The molecule has 0 fully saturated rings. The van der Waals surface area contributed by atoms with E-state index in [-0.39, 0.29) is 16.6 Å². The standard InChI is InChI=1S/C24H29FN2O4S/c1-7-16(3)24(18-9-12-20(25)13-10-18)32-23(8-2)27(29,30)26(5)21-14-11-19(17(4)28)15-22(21)31-6/h8-15,29-30H,4,7H2,1-3,5-6H3/p+1/b23-8-,24-16?. The fourth-order valence-corrected chi connectivity index (χ4v) is 4.12. The molecule has 8 heteroatoms. The van der Waals surface area contributed by atoms with Gasteiger partial charge in [-0.1, -0.05) is 31.2 Å². The number of hydrogen-bond donors (Lipinski definition) is 3. The van der Waals surface area contributed by atoms with Gasteiger partial charge >= 0.3 is 0 Å². The fraction of sp³-hybridized carbons (Fsp3) is 0.250. The summed E-state index contributed by atoms with van der Waals surface area (Å²) < 4.78 is 18.8. The van der Waals surface area contributed by atoms with E-state index in [9.17, 15) is 19.9 Å². The molecular weight excluding hydrogens is 431 g/mol. The number of anilines is 1. The van der Waals surface area contributed by atoms with Crippen LogP contribution >= 0.6 is 11.8 Å². The molecule has 0 amide bonds. The van der Waals surface area contributed by atoms with Crippen LogP contribution in [-0.2, 0) is 0 Å². The van der Waals surface area contributed by atoms with Gasteiger partial charge < -0.3 is 9.84 Å². The van der Waals surface area contributed by atoms with E-state index in [0.717, 1.165) is 22.5 Å². The Kier molecular flexibility index (Phi) is 8.51. The average Bonchev–Trinajstić information content (AvgIpc) is 2.78. The average molecular weight is 462 g/mol. The van der Waals surface area contributed by atoms with Crippen molar-refractivity contribution < 1.29 is 29.6 Å². The largest absolute Gasteiger partial charge is 0.508 e. The number of thioether (sulfide) groups is 1. The number of hydrogen-bond acceptors (Lipinski definition) is 6. The van der Waals surface area contributed by atoms with Crippen LogP contribution in [0.2, 0.25) is 0 Å². The highest BCUT2D eigenvalue weighted by molar-refractivity contribution is 8.11. The topological polar surface area (TPSA) is 73.2 Å². The summed E-state index contributed by atoms with van der Waals surface area (Å²) in [6, 6.07) is 10.8. The maximum atomic E-state index is 13.4. The zero-order valence-corrected chi connectivity index (χ0v) is 19.8. The van der Waals surface area contributed by atoms with E-state index in [0.29, 0.717) is 17.0 Å². The highest BCUT2D eigenvalue weighted by Gasteiger charge is 2.39. The second kappa shape index (κ2) is 10.7. The van der Waals surface area contributed by atoms with Crippen LogP contribution in [0.5, 0.6) is 5.75 Å². The lowest BCUT2D eigenvalue weighted by Crippen LogP contribution is -2.52. The normalized spacial score (nSPS) is 12.9. The van der Waals surface area contributed by atoms with Crippen molar-refractivity contribution in [1.29, 1.82) is 0 Å². The van der Waals surface area contributed by atoms with E-state index in [1.54, 1.807) is 43.3 Å². The van der Waals surface area contributed by atoms with Crippen LogP contribution in [0.4, 0.5) is 10.1 Å². The van der Waals surface area contributed by atoms with Crippen molar-refractivity contribution in [3.8, 4) is 5.75 Å². The minimum atomic E-state index is -1.57. The van der Waals surface area contributed by atoms with Crippen LogP contribution in [0.15, 0.2) is 65.7 Å². The van der Waals surface area contributed by atoms with Gasteiger partial charge in [0.2, 0.25) is 0 Å². The molecule has 32 heavy (non-hydrogen) atoms. The van der Waals surface area contributed by atoms with Gasteiger partial charge in [0.1, 0.15) is 23.0 Å². The number of nitrogens with zero attached hydrogens (tertiary/aromatic N) is 2. The van der Waals surface area contributed by atoms with Gasteiger partial charge in [0.15, 0.2) is 0 Å². The van der Waals surface area contributed by atoms with E-state index < -0.39 is 4.92 Å². The third-order valence-electron chi connectivity index (χ3n) is 5.05. The molecular formula is C24H30FN2O4S+. The molecule has 0 heterocycles. The molecule has 2 rings (SSSR count). The first-order chi connectivity index (χ1) is 15.1. The first kappa shape index (κ1) is 25.5. The fourth-order valence-electron chi connectivity index (χ4n) is 2.97. The van der Waals surface area contributed by atoms with Crippen molar-refractivity contribution in [2.75, 3.05) is 19.2 Å². The predicted molar refractivity (Wildman–Crippen MR) is 128 cm³/mol. The number of benzene rings is 2. The van der Waals surface area contributed by atoms with Crippen molar-refractivity contribution in [3.63, 3.8) is 0 Å². The first-order valence-corrected chi connectivity index (χ1v) is 10.8. The van der Waals surface area contributed by atoms with E-state index >= 15 is 0 Å². The Morgan fingerprint density at radius 2 is 1.78 bits per heavy atom. The van der Waals surface area contributed by atoms with Gasteiger partial charge in [0, 0.05) is 10.5 Å². The molecule has 6 nitrogen and oxygen atoms in total. The maximum absolute atomic E-state index is 13.4. The number of aliphatic hydroxyl groups excluding tert-OH is 1. The van der Waals surface area contributed by atoms with Gasteiger partial charge in [-0.2, -0.15) is 5.01 Å². The number of hydroxylamine groups is 2. The second-order valence-corrected chi connectivity index (χ2v) is 8.15. The lowest BCUT2D eigenvalue weighted by atomic mass is 10.1. The lowest BCUT2D eigenvalue weighted by Gasteiger charge is -2.32. The van der Waals surface area contributed by atoms with Crippen LogP contribution in [0, 0.1) is 5.82 Å². The van der Waals surface area contributed by atoms with Crippen molar-refractivity contribution in [1.82, 2.24) is 0 Å². The summed E-state index contributed by atoms with van der Waals surface area (Å²) >= 11 is 1.19. The van der Waals surface area contributed by atoms with Gasteiger partial charge in [0.25, 0.3) is 5.03 Å². The number of halogens is 1. The van der Waals surface area contributed by atoms with Crippen molar-refractivity contribution in [3.05, 3.63) is 82.7 Å². The van der Waals surface area contributed by atoms with Gasteiger partial charge in [-0.25, -0.2) is 4.39 Å². The zero-order chi connectivity index (χ0) is 24.1. The van der Waals surface area contributed by atoms with Crippen molar-refractivity contribution >= 4 is 28.1 Å². The van der Waals surface area contributed by atoms with E-state index in [1.807, 2.05) is 13.8 Å². The molecule has 0 unspecified atom stereocenters. The molecule has 0 spiro atoms. The van der Waals surface area contributed by atoms with E-state index in [2.05, 4.69) is 6.58 Å². The minimum Gasteiger partial charge on any atom is -0.508 e. The molecule has 0 aliphatic carbocycles. The summed E-state index contributed by atoms with van der Waals surface area (Å²) in [7, 11) is 2.95. The molecule has 2 aromatic rings. The number of quaternary nitrogens is 1. The molecule has 3 N–H and O–H groups in total. The van der Waals surface area contributed by atoms with Crippen LogP contribution in [0.1, 0.15) is 38.3 Å². The number of allylic oxidation sites excluding steroid dienone is 2. The zero-order valence-electron chi connectivity index (χ0n) is 19.0. The van der Waals surface area contributed by atoms with Crippen LogP contribution in [0.25, 0.3) is 10.7 Å². The third-order valence-corrected chi connectivity index (χ3v) is 6.53. The second-order valence-electron chi connectivity index (χ2n) is 7.12. The van der Waals surface area contributed by atoms with E-state index in [1.165, 1.54) is 43.1 Å². The van der Waals surface area contributed by atoms with Crippen LogP contribution in [-0.4, -0.2) is 34.6 Å². The number of ether oxygens (including phenoxy) is 1. The maximum Gasteiger partial charge on any atom is 0.262 e. The van der Waals surface area contributed by atoms with Crippen LogP contribution in [0.3, 0.4) is 0 Å². The number of methoxy groups -OCH3 is 1. The Morgan fingerprint density at radius 1 is 1.19 bits per heavy atom. The summed E-state index contributed by atoms with van der Waals surface area (Å²) in [6.45, 7) is 9.16. The van der Waals surface area contributed by atoms with Crippen molar-refractivity contribution in [2.45, 2.75) is 27.2 Å². The third kappa shape index (κ3) is 5.52. The highest BCUT2D eigenvalue weighted by atomic mass is 32.2. The number of rotatable bonds is 9. The number of aliphatic hydroxyl groups is 1. The molecule has 0 radical (unpaired) electrons. The molecule has 0 atom stereocenters. The Bertz CT molecular complexity index is 1030. The predicted octanol–water partition coefficient (Wildman–Crippen LogP) is 6.75. The van der Waals surface area contributed by atoms with Crippen molar-refractivity contribution in [2.24, 2.45) is 0 Å². The Morgan fingerprint density at radius 3 is 2.28 bits per heavy atom. The first-order valence-electron chi connectivity index (χ1n) is 10.0. The SMILES string of the molecule is C=C(O)c1ccc(N(C)[N+](O)(O)/C(=C/C)SC(=C(C)CC)c2ccc(F)cc2)c(OC)c1. The molecule has 0 aliphatic heterocycles. The summed E-state index contributed by atoms with van der Waals surface area (Å²) in [4.78, 5) is -0.767. The highest BCUT2D eigenvalue weighted by Crippen LogP contribution is 2.42. The monoisotopic (exact) mass is 461 g/mol. The molecule has 0 saturated heterocycles. The smallest absolute Gasteiger partial charge is 0.262 e. The molecule has 0 aliphatic rings. The molecule has 0 aromatic heterocycles. The molecule has 172 valence electrons. The van der Waals surface area contributed by atoms with Gasteiger partial charge in [-0.15, -0.1) is 10.4 Å². The molecule has 2 aromatic carbocycles. The molecule has 0 saturated carbocycles. The quantitative estimate of drug-likeness (QED) is 0.218. The van der Waals surface area contributed by atoms with Crippen LogP contribution < -0.4 is 9.75 Å². The molecule has 0 bridgehead atoms. The summed E-state index contributed by atoms with van der Waals surface area (Å²) in [5.74, 6) is -0.140. The summed E-state index contributed by atoms with van der Waals surface area (Å²) in [5.41, 5.74) is 2.63.